The molecule has 5 rings (SSSR count). The van der Waals surface area contributed by atoms with Crippen molar-refractivity contribution >= 4 is 28.6 Å². The molecule has 154 valence electrons. The second kappa shape index (κ2) is 7.40. The van der Waals surface area contributed by atoms with Crippen LogP contribution in [0, 0.1) is 24.1 Å². The molecule has 1 fully saturated rings. The average molecular weight is 413 g/mol. The van der Waals surface area contributed by atoms with Gasteiger partial charge in [0.25, 0.3) is 5.56 Å². The fourth-order valence-electron chi connectivity index (χ4n) is 4.21. The molecule has 31 heavy (non-hydrogen) atoms. The van der Waals surface area contributed by atoms with Crippen molar-refractivity contribution in [2.75, 3.05) is 31.1 Å². The maximum Gasteiger partial charge on any atom is 0.265 e. The number of para-hydroxylation sites is 2. The lowest BCUT2D eigenvalue weighted by molar-refractivity contribution is 0.378. The van der Waals surface area contributed by atoms with Gasteiger partial charge < -0.3 is 9.80 Å². The first-order chi connectivity index (χ1) is 15.1. The van der Waals surface area contributed by atoms with Gasteiger partial charge in [-0.05, 0) is 48.9 Å². The van der Waals surface area contributed by atoms with Crippen LogP contribution in [0.25, 0.3) is 22.9 Å². The average Bonchev–Trinajstić information content (AvgIpc) is 3.17. The lowest BCUT2D eigenvalue weighted by Gasteiger charge is -2.35. The van der Waals surface area contributed by atoms with Gasteiger partial charge in [0.05, 0.1) is 21.8 Å². The number of aromatic nitrogens is 2. The summed E-state index contributed by atoms with van der Waals surface area (Å²) in [6, 6.07) is 16.2. The Balaban J connectivity index is 1.54. The van der Waals surface area contributed by atoms with E-state index in [-0.39, 0.29) is 11.4 Å². The molecule has 4 aromatic rings. The maximum atomic E-state index is 13.4. The summed E-state index contributed by atoms with van der Waals surface area (Å²) < 4.78 is 14.7. The lowest BCUT2D eigenvalue weighted by Crippen LogP contribution is -2.46. The van der Waals surface area contributed by atoms with E-state index in [4.69, 9.17) is 0 Å². The molecule has 0 atom stereocenters. The molecular formula is C24H20FN5O. The van der Waals surface area contributed by atoms with Crippen LogP contribution in [0.2, 0.25) is 0 Å². The second-order valence-corrected chi connectivity index (χ2v) is 7.72. The Kier molecular flexibility index (Phi) is 4.55. The van der Waals surface area contributed by atoms with Gasteiger partial charge in [-0.15, -0.1) is 0 Å². The molecule has 7 heteroatoms. The zero-order valence-electron chi connectivity index (χ0n) is 17.0. The smallest absolute Gasteiger partial charge is 0.265 e. The van der Waals surface area contributed by atoms with Gasteiger partial charge in [0, 0.05) is 38.1 Å². The van der Waals surface area contributed by atoms with E-state index >= 15 is 0 Å². The first-order valence-electron chi connectivity index (χ1n) is 10.2. The summed E-state index contributed by atoms with van der Waals surface area (Å²) in [5.41, 5.74) is 3.70. The summed E-state index contributed by atoms with van der Waals surface area (Å²) in [6.45, 7) is 4.77. The van der Waals surface area contributed by atoms with Gasteiger partial charge in [0.1, 0.15) is 11.9 Å². The fraction of sp³-hybridized carbons (Fsp3) is 0.208. The zero-order valence-corrected chi connectivity index (χ0v) is 17.0. The molecule has 2 aromatic heterocycles. The van der Waals surface area contributed by atoms with Crippen LogP contribution in [0.3, 0.4) is 0 Å². The Labute approximate surface area is 178 Å². The molecule has 2 aromatic carbocycles. The van der Waals surface area contributed by atoms with E-state index in [9.17, 15) is 14.4 Å². The Morgan fingerprint density at radius 3 is 2.48 bits per heavy atom. The maximum absolute atomic E-state index is 13.4. The number of pyridine rings is 1. The number of nitrogens with zero attached hydrogens (tertiary/aromatic N) is 5. The second-order valence-electron chi connectivity index (χ2n) is 7.72. The third-order valence-corrected chi connectivity index (χ3v) is 5.93. The van der Waals surface area contributed by atoms with Gasteiger partial charge in [-0.2, -0.15) is 5.26 Å². The molecule has 1 aliphatic rings. The van der Waals surface area contributed by atoms with E-state index in [2.05, 4.69) is 20.9 Å². The predicted octanol–water partition coefficient (Wildman–Crippen LogP) is 2.45. The van der Waals surface area contributed by atoms with Crippen LogP contribution >= 0.6 is 0 Å². The fourth-order valence-corrected chi connectivity index (χ4v) is 4.21. The molecular weight excluding hydrogens is 393 g/mol. The van der Waals surface area contributed by atoms with Gasteiger partial charge in [-0.3, -0.25) is 9.20 Å². The quantitative estimate of drug-likeness (QED) is 0.505. The van der Waals surface area contributed by atoms with Gasteiger partial charge in [0.15, 0.2) is 5.65 Å². The number of benzene rings is 2. The Bertz CT molecular complexity index is 1440. The molecule has 0 aliphatic carbocycles. The molecule has 0 saturated carbocycles. The Morgan fingerprint density at radius 1 is 1.06 bits per heavy atom. The van der Waals surface area contributed by atoms with E-state index < -0.39 is 0 Å². The largest absolute Gasteiger partial charge is 0.373 e. The predicted molar refractivity (Wildman–Crippen MR) is 118 cm³/mol. The van der Waals surface area contributed by atoms with Crippen molar-refractivity contribution in [1.82, 2.24) is 14.3 Å². The van der Waals surface area contributed by atoms with Gasteiger partial charge in [-0.1, -0.05) is 12.1 Å². The number of hydrogen-bond donors (Lipinski definition) is 0. The van der Waals surface area contributed by atoms with Crippen molar-refractivity contribution in [1.29, 1.82) is 5.26 Å². The molecule has 0 radical (unpaired) electrons. The lowest BCUT2D eigenvalue weighted by atomic mass is 10.1. The minimum absolute atomic E-state index is 0.166. The summed E-state index contributed by atoms with van der Waals surface area (Å²) in [6.07, 6.45) is 1.87. The molecule has 0 bridgehead atoms. The summed E-state index contributed by atoms with van der Waals surface area (Å²) in [5.74, 6) is -0.245. The summed E-state index contributed by atoms with van der Waals surface area (Å²) in [4.78, 5) is 22.2. The summed E-state index contributed by atoms with van der Waals surface area (Å²) >= 11 is 0. The van der Waals surface area contributed by atoms with Crippen molar-refractivity contribution in [3.63, 3.8) is 0 Å². The van der Waals surface area contributed by atoms with E-state index in [1.807, 2.05) is 30.5 Å². The number of halogens is 1. The van der Waals surface area contributed by atoms with Crippen LogP contribution in [0.5, 0.6) is 0 Å². The van der Waals surface area contributed by atoms with Crippen molar-refractivity contribution < 1.29 is 4.39 Å². The monoisotopic (exact) mass is 413 g/mol. The van der Waals surface area contributed by atoms with Crippen LogP contribution in [0.1, 0.15) is 11.1 Å². The molecule has 6 nitrogen and oxygen atoms in total. The highest BCUT2D eigenvalue weighted by molar-refractivity contribution is 5.82. The molecule has 3 heterocycles. The van der Waals surface area contributed by atoms with Crippen LogP contribution in [0.15, 0.2) is 53.3 Å². The minimum Gasteiger partial charge on any atom is -0.373 e. The SMILES string of the molecule is Cc1c(C#N)c2nc3ccccc3n2c(=O)/c1=C/N1CCN(c2ccc(F)cc2)CC1. The third-order valence-electron chi connectivity index (χ3n) is 5.93. The van der Waals surface area contributed by atoms with Gasteiger partial charge in [-0.25, -0.2) is 9.37 Å². The number of anilines is 1. The molecule has 0 amide bonds. The number of piperazine rings is 1. The van der Waals surface area contributed by atoms with E-state index in [1.54, 1.807) is 23.5 Å². The molecule has 0 spiro atoms. The highest BCUT2D eigenvalue weighted by Crippen LogP contribution is 2.19. The highest BCUT2D eigenvalue weighted by Gasteiger charge is 2.19. The number of hydrogen-bond acceptors (Lipinski definition) is 5. The summed E-state index contributed by atoms with van der Waals surface area (Å²) in [5, 5.41) is 10.3. The first kappa shape index (κ1) is 19.1. The standard InChI is InChI=1S/C24H20FN5O/c1-16-19(14-26)23-27-21-4-2-3-5-22(21)30(23)24(31)20(16)15-28-10-12-29(13-11-28)18-8-6-17(25)7-9-18/h2-9,15H,10-13H2,1H3/b20-15+. The van der Waals surface area contributed by atoms with Crippen LogP contribution in [0.4, 0.5) is 10.1 Å². The van der Waals surface area contributed by atoms with E-state index in [1.165, 1.54) is 12.1 Å². The minimum atomic E-state index is -0.245. The van der Waals surface area contributed by atoms with Gasteiger partial charge >= 0.3 is 0 Å². The van der Waals surface area contributed by atoms with Gasteiger partial charge in [0.2, 0.25) is 0 Å². The zero-order chi connectivity index (χ0) is 21.5. The van der Waals surface area contributed by atoms with Crippen LogP contribution < -0.4 is 15.7 Å². The molecule has 1 aliphatic heterocycles. The van der Waals surface area contributed by atoms with Crippen molar-refractivity contribution in [2.45, 2.75) is 6.92 Å². The Morgan fingerprint density at radius 2 is 1.77 bits per heavy atom. The summed E-state index contributed by atoms with van der Waals surface area (Å²) in [7, 11) is 0. The first-order valence-corrected chi connectivity index (χ1v) is 10.2. The third kappa shape index (κ3) is 3.17. The molecule has 0 N–H and O–H groups in total. The number of rotatable bonds is 2. The van der Waals surface area contributed by atoms with Crippen LogP contribution in [-0.2, 0) is 0 Å². The van der Waals surface area contributed by atoms with E-state index in [0.717, 1.165) is 31.9 Å². The van der Waals surface area contributed by atoms with Crippen molar-refractivity contribution in [3.8, 4) is 6.07 Å². The topological polar surface area (TPSA) is 64.6 Å². The number of fused-ring (bicyclic) bond motifs is 3. The Hall–Kier alpha value is -3.92. The van der Waals surface area contributed by atoms with Crippen molar-refractivity contribution in [3.05, 3.63) is 81.0 Å². The van der Waals surface area contributed by atoms with Crippen molar-refractivity contribution in [2.24, 2.45) is 0 Å². The number of imidazole rings is 1. The highest BCUT2D eigenvalue weighted by atomic mass is 19.1. The normalized spacial score (nSPS) is 15.1. The molecule has 0 unspecified atom stereocenters. The van der Waals surface area contributed by atoms with Crippen LogP contribution in [-0.4, -0.2) is 40.5 Å². The number of nitriles is 1. The molecule has 1 saturated heterocycles. The van der Waals surface area contributed by atoms with E-state index in [0.29, 0.717) is 33.0 Å².